The Morgan fingerprint density at radius 3 is 2.57 bits per heavy atom. The number of aliphatic hydroxyl groups is 1. The maximum Gasteiger partial charge on any atom is 0.336 e. The molecule has 0 amide bonds. The molecule has 2 unspecified atom stereocenters. The lowest BCUT2D eigenvalue weighted by Crippen LogP contribution is -2.48. The summed E-state index contributed by atoms with van der Waals surface area (Å²) in [5.41, 5.74) is -1.72. The molecule has 5 nitrogen and oxygen atoms in total. The Hall–Kier alpha value is -0.650. The van der Waals surface area contributed by atoms with Crippen LogP contribution in [0.15, 0.2) is 0 Å². The van der Waals surface area contributed by atoms with E-state index in [1.54, 1.807) is 7.11 Å². The van der Waals surface area contributed by atoms with Gasteiger partial charge in [-0.2, -0.15) is 0 Å². The largest absolute Gasteiger partial charge is 0.479 e. The highest BCUT2D eigenvalue weighted by Crippen LogP contribution is 2.02. The first-order chi connectivity index (χ1) is 6.44. The van der Waals surface area contributed by atoms with Crippen molar-refractivity contribution in [1.82, 2.24) is 5.32 Å². The second-order valence-electron chi connectivity index (χ2n) is 3.52. The normalized spacial score (nSPS) is 17.4. The summed E-state index contributed by atoms with van der Waals surface area (Å²) < 4.78 is 4.93. The molecule has 0 fully saturated rings. The van der Waals surface area contributed by atoms with Gasteiger partial charge in [0.25, 0.3) is 0 Å². The summed E-state index contributed by atoms with van der Waals surface area (Å²) in [5, 5.41) is 21.0. The minimum absolute atomic E-state index is 0.0181. The zero-order chi connectivity index (χ0) is 11.2. The van der Waals surface area contributed by atoms with E-state index in [9.17, 15) is 9.90 Å². The summed E-state index contributed by atoms with van der Waals surface area (Å²) in [4.78, 5) is 10.6. The van der Waals surface area contributed by atoms with Crippen LogP contribution in [0, 0.1) is 0 Å². The van der Waals surface area contributed by atoms with Gasteiger partial charge in [0.2, 0.25) is 0 Å². The molecule has 0 rings (SSSR count). The zero-order valence-corrected chi connectivity index (χ0v) is 8.91. The lowest BCUT2D eigenvalue weighted by Gasteiger charge is -2.22. The summed E-state index contributed by atoms with van der Waals surface area (Å²) in [5.74, 6) is -1.22. The van der Waals surface area contributed by atoms with E-state index < -0.39 is 11.6 Å². The van der Waals surface area contributed by atoms with E-state index in [1.807, 2.05) is 6.92 Å². The van der Waals surface area contributed by atoms with Gasteiger partial charge in [-0.15, -0.1) is 0 Å². The molecule has 0 aromatic heterocycles. The molecule has 0 aromatic carbocycles. The highest BCUT2D eigenvalue weighted by atomic mass is 16.5. The standard InChI is InChI=1S/C9H19NO4/c1-4-7(5-14-3)10-6-9(2,13)8(11)12/h7,10,13H,4-6H2,1-3H3,(H,11,12). The fourth-order valence-corrected chi connectivity index (χ4v) is 0.941. The fourth-order valence-electron chi connectivity index (χ4n) is 0.941. The molecule has 3 N–H and O–H groups in total. The highest BCUT2D eigenvalue weighted by molar-refractivity contribution is 5.76. The van der Waals surface area contributed by atoms with Gasteiger partial charge in [0.05, 0.1) is 6.61 Å². The molecule has 0 bridgehead atoms. The molecular formula is C9H19NO4. The van der Waals surface area contributed by atoms with E-state index in [4.69, 9.17) is 9.84 Å². The molecule has 0 aromatic rings. The maximum atomic E-state index is 10.6. The number of rotatable bonds is 7. The van der Waals surface area contributed by atoms with Crippen molar-refractivity contribution in [2.45, 2.75) is 31.9 Å². The molecule has 0 aliphatic carbocycles. The predicted octanol–water partition coefficient (Wildman–Crippen LogP) is -0.163. The van der Waals surface area contributed by atoms with Crippen molar-refractivity contribution in [3.63, 3.8) is 0 Å². The Bertz CT molecular complexity index is 182. The van der Waals surface area contributed by atoms with Crippen molar-refractivity contribution >= 4 is 5.97 Å². The van der Waals surface area contributed by atoms with Gasteiger partial charge in [-0.25, -0.2) is 4.79 Å². The van der Waals surface area contributed by atoms with E-state index in [0.29, 0.717) is 6.61 Å². The Labute approximate surface area is 84.1 Å². The van der Waals surface area contributed by atoms with E-state index in [-0.39, 0.29) is 12.6 Å². The molecule has 0 radical (unpaired) electrons. The summed E-state index contributed by atoms with van der Waals surface area (Å²) in [6, 6.07) is 0.0748. The molecule has 0 saturated carbocycles. The summed E-state index contributed by atoms with van der Waals surface area (Å²) in [6.07, 6.45) is 0.823. The lowest BCUT2D eigenvalue weighted by molar-refractivity contribution is -0.156. The lowest BCUT2D eigenvalue weighted by atomic mass is 10.1. The summed E-state index contributed by atoms with van der Waals surface area (Å²) in [6.45, 7) is 3.75. The smallest absolute Gasteiger partial charge is 0.336 e. The number of hydrogen-bond acceptors (Lipinski definition) is 4. The first kappa shape index (κ1) is 13.4. The minimum Gasteiger partial charge on any atom is -0.479 e. The molecule has 0 heterocycles. The number of carboxylic acids is 1. The molecule has 5 heteroatoms. The van der Waals surface area contributed by atoms with Gasteiger partial charge in [0.1, 0.15) is 0 Å². The second kappa shape index (κ2) is 5.95. The van der Waals surface area contributed by atoms with Crippen LogP contribution in [0.2, 0.25) is 0 Å². The van der Waals surface area contributed by atoms with E-state index in [0.717, 1.165) is 6.42 Å². The third-order valence-electron chi connectivity index (χ3n) is 2.06. The number of carbonyl (C=O) groups is 1. The third-order valence-corrected chi connectivity index (χ3v) is 2.06. The van der Waals surface area contributed by atoms with Crippen molar-refractivity contribution in [1.29, 1.82) is 0 Å². The third kappa shape index (κ3) is 4.55. The molecule has 2 atom stereocenters. The Morgan fingerprint density at radius 2 is 2.21 bits per heavy atom. The van der Waals surface area contributed by atoms with Crippen molar-refractivity contribution in [3.8, 4) is 0 Å². The SMILES string of the molecule is CCC(COC)NCC(C)(O)C(=O)O. The Balaban J connectivity index is 3.95. The monoisotopic (exact) mass is 205 g/mol. The van der Waals surface area contributed by atoms with E-state index >= 15 is 0 Å². The van der Waals surface area contributed by atoms with Gasteiger partial charge < -0.3 is 20.3 Å². The Kier molecular flexibility index (Phi) is 5.68. The molecule has 0 aliphatic rings. The van der Waals surface area contributed by atoms with Crippen molar-refractivity contribution < 1.29 is 19.7 Å². The summed E-state index contributed by atoms with van der Waals surface area (Å²) in [7, 11) is 1.58. The van der Waals surface area contributed by atoms with Gasteiger partial charge in [0.15, 0.2) is 5.60 Å². The molecule has 0 aliphatic heterocycles. The summed E-state index contributed by atoms with van der Waals surface area (Å²) >= 11 is 0. The number of ether oxygens (including phenoxy) is 1. The van der Waals surface area contributed by atoms with E-state index in [2.05, 4.69) is 5.32 Å². The van der Waals surface area contributed by atoms with Crippen LogP contribution >= 0.6 is 0 Å². The first-order valence-corrected chi connectivity index (χ1v) is 4.62. The quantitative estimate of drug-likeness (QED) is 0.538. The van der Waals surface area contributed by atoms with Gasteiger partial charge in [-0.1, -0.05) is 6.92 Å². The van der Waals surface area contributed by atoms with Crippen molar-refractivity contribution in [2.75, 3.05) is 20.3 Å². The minimum atomic E-state index is -1.72. The average molecular weight is 205 g/mol. The van der Waals surface area contributed by atoms with Crippen LogP contribution in [0.4, 0.5) is 0 Å². The predicted molar refractivity (Wildman–Crippen MR) is 52.2 cm³/mol. The average Bonchev–Trinajstić information content (AvgIpc) is 2.12. The molecule has 0 spiro atoms. The number of methoxy groups -OCH3 is 1. The number of aliphatic carboxylic acids is 1. The van der Waals surface area contributed by atoms with Gasteiger partial charge in [-0.3, -0.25) is 0 Å². The number of carboxylic acid groups (broad SMARTS) is 1. The van der Waals surface area contributed by atoms with Crippen molar-refractivity contribution in [2.24, 2.45) is 0 Å². The van der Waals surface area contributed by atoms with E-state index in [1.165, 1.54) is 6.92 Å². The van der Waals surface area contributed by atoms with Gasteiger partial charge in [0, 0.05) is 19.7 Å². The molecule has 14 heavy (non-hydrogen) atoms. The van der Waals surface area contributed by atoms with Crippen LogP contribution in [-0.4, -0.2) is 48.1 Å². The second-order valence-corrected chi connectivity index (χ2v) is 3.52. The topological polar surface area (TPSA) is 78.8 Å². The van der Waals surface area contributed by atoms with Gasteiger partial charge >= 0.3 is 5.97 Å². The van der Waals surface area contributed by atoms with Crippen LogP contribution in [0.5, 0.6) is 0 Å². The number of hydrogen-bond donors (Lipinski definition) is 3. The van der Waals surface area contributed by atoms with Crippen LogP contribution in [0.25, 0.3) is 0 Å². The Morgan fingerprint density at radius 1 is 1.64 bits per heavy atom. The molecule has 84 valence electrons. The maximum absolute atomic E-state index is 10.6. The zero-order valence-electron chi connectivity index (χ0n) is 8.91. The van der Waals surface area contributed by atoms with Crippen LogP contribution in [-0.2, 0) is 9.53 Å². The van der Waals surface area contributed by atoms with Gasteiger partial charge in [-0.05, 0) is 13.3 Å². The van der Waals surface area contributed by atoms with Crippen LogP contribution in [0.1, 0.15) is 20.3 Å². The highest BCUT2D eigenvalue weighted by Gasteiger charge is 2.30. The molecule has 0 saturated heterocycles. The first-order valence-electron chi connectivity index (χ1n) is 4.62. The fraction of sp³-hybridized carbons (Fsp3) is 0.889. The molecular weight excluding hydrogens is 186 g/mol. The van der Waals surface area contributed by atoms with Crippen LogP contribution < -0.4 is 5.32 Å². The number of nitrogens with one attached hydrogen (secondary N) is 1. The van der Waals surface area contributed by atoms with Crippen molar-refractivity contribution in [3.05, 3.63) is 0 Å². The van der Waals surface area contributed by atoms with Crippen LogP contribution in [0.3, 0.4) is 0 Å².